The summed E-state index contributed by atoms with van der Waals surface area (Å²) in [6.45, 7) is 5.50. The second-order valence-electron chi connectivity index (χ2n) is 4.58. The van der Waals surface area contributed by atoms with Crippen molar-refractivity contribution in [1.82, 2.24) is 0 Å². The van der Waals surface area contributed by atoms with Gasteiger partial charge in [0.1, 0.15) is 5.82 Å². The average Bonchev–Trinajstić information content (AvgIpc) is 2.20. The SMILES string of the molecule is Cc1cc(F)ccc1CC(O)C(O)C(C)C. The van der Waals surface area contributed by atoms with Crippen LogP contribution in [0.2, 0.25) is 0 Å². The van der Waals surface area contributed by atoms with E-state index >= 15 is 0 Å². The Hall–Kier alpha value is -0.930. The minimum absolute atomic E-state index is 0.00996. The van der Waals surface area contributed by atoms with E-state index in [0.717, 1.165) is 11.1 Å². The highest BCUT2D eigenvalue weighted by atomic mass is 19.1. The Balaban J connectivity index is 2.73. The van der Waals surface area contributed by atoms with Crippen LogP contribution >= 0.6 is 0 Å². The summed E-state index contributed by atoms with van der Waals surface area (Å²) in [5.41, 5.74) is 1.67. The lowest BCUT2D eigenvalue weighted by atomic mass is 9.94. The minimum atomic E-state index is -0.802. The molecule has 0 aromatic heterocycles. The monoisotopic (exact) mass is 226 g/mol. The third kappa shape index (κ3) is 3.29. The molecule has 0 spiro atoms. The molecule has 2 nitrogen and oxygen atoms in total. The van der Waals surface area contributed by atoms with Crippen molar-refractivity contribution in [2.45, 2.75) is 39.4 Å². The van der Waals surface area contributed by atoms with Gasteiger partial charge in [0.25, 0.3) is 0 Å². The molecule has 0 fully saturated rings. The van der Waals surface area contributed by atoms with Crippen LogP contribution in [0.4, 0.5) is 4.39 Å². The Bertz CT molecular complexity index is 350. The van der Waals surface area contributed by atoms with E-state index in [9.17, 15) is 14.6 Å². The molecule has 1 rings (SSSR count). The van der Waals surface area contributed by atoms with Crippen molar-refractivity contribution in [3.05, 3.63) is 35.1 Å². The van der Waals surface area contributed by atoms with Gasteiger partial charge in [-0.2, -0.15) is 0 Å². The fourth-order valence-electron chi connectivity index (χ4n) is 1.68. The number of aliphatic hydroxyl groups is 2. The van der Waals surface area contributed by atoms with Gasteiger partial charge < -0.3 is 10.2 Å². The van der Waals surface area contributed by atoms with Gasteiger partial charge in [-0.25, -0.2) is 4.39 Å². The molecule has 90 valence electrons. The zero-order valence-corrected chi connectivity index (χ0v) is 9.94. The Labute approximate surface area is 95.7 Å². The molecule has 2 unspecified atom stereocenters. The summed E-state index contributed by atoms with van der Waals surface area (Å²) in [4.78, 5) is 0. The molecule has 0 saturated carbocycles. The number of halogens is 1. The molecule has 0 aliphatic heterocycles. The predicted octanol–water partition coefficient (Wildman–Crippen LogP) is 2.05. The topological polar surface area (TPSA) is 40.5 Å². The molecule has 2 atom stereocenters. The van der Waals surface area contributed by atoms with Crippen molar-refractivity contribution >= 4 is 0 Å². The molecular weight excluding hydrogens is 207 g/mol. The Morgan fingerprint density at radius 2 is 1.88 bits per heavy atom. The van der Waals surface area contributed by atoms with Gasteiger partial charge in [0, 0.05) is 6.42 Å². The van der Waals surface area contributed by atoms with Crippen LogP contribution in [0.1, 0.15) is 25.0 Å². The van der Waals surface area contributed by atoms with E-state index in [0.29, 0.717) is 6.42 Å². The standard InChI is InChI=1S/C13H19FO2/c1-8(2)13(16)12(15)7-10-4-5-11(14)6-9(10)3/h4-6,8,12-13,15-16H,7H2,1-3H3. The molecule has 3 heteroatoms. The number of benzene rings is 1. The van der Waals surface area contributed by atoms with Gasteiger partial charge in [-0.1, -0.05) is 19.9 Å². The van der Waals surface area contributed by atoms with Crippen LogP contribution in [0, 0.1) is 18.7 Å². The quantitative estimate of drug-likeness (QED) is 0.825. The summed E-state index contributed by atoms with van der Waals surface area (Å²) in [6, 6.07) is 4.46. The molecule has 0 aliphatic carbocycles. The molecule has 0 radical (unpaired) electrons. The molecule has 0 saturated heterocycles. The maximum absolute atomic E-state index is 12.9. The van der Waals surface area contributed by atoms with Crippen LogP contribution in [-0.4, -0.2) is 22.4 Å². The van der Waals surface area contributed by atoms with Gasteiger partial charge in [0.05, 0.1) is 12.2 Å². The normalized spacial score (nSPS) is 15.2. The minimum Gasteiger partial charge on any atom is -0.390 e. The van der Waals surface area contributed by atoms with Crippen molar-refractivity contribution < 1.29 is 14.6 Å². The van der Waals surface area contributed by atoms with Crippen molar-refractivity contribution in [3.63, 3.8) is 0 Å². The maximum Gasteiger partial charge on any atom is 0.123 e. The van der Waals surface area contributed by atoms with Crippen molar-refractivity contribution in [3.8, 4) is 0 Å². The molecule has 0 aliphatic rings. The third-order valence-electron chi connectivity index (χ3n) is 2.81. The second kappa shape index (κ2) is 5.41. The first kappa shape index (κ1) is 13.1. The number of rotatable bonds is 4. The highest BCUT2D eigenvalue weighted by Crippen LogP contribution is 2.16. The van der Waals surface area contributed by atoms with E-state index in [2.05, 4.69) is 0 Å². The van der Waals surface area contributed by atoms with Crippen LogP contribution in [0.3, 0.4) is 0 Å². The predicted molar refractivity (Wildman–Crippen MR) is 61.7 cm³/mol. The van der Waals surface area contributed by atoms with Crippen LogP contribution < -0.4 is 0 Å². The smallest absolute Gasteiger partial charge is 0.123 e. The Morgan fingerprint density at radius 1 is 1.25 bits per heavy atom. The van der Waals surface area contributed by atoms with Crippen molar-refractivity contribution in [2.75, 3.05) is 0 Å². The molecule has 1 aromatic carbocycles. The van der Waals surface area contributed by atoms with E-state index in [1.54, 1.807) is 13.0 Å². The first-order chi connectivity index (χ1) is 7.41. The second-order valence-corrected chi connectivity index (χ2v) is 4.58. The summed E-state index contributed by atoms with van der Waals surface area (Å²) in [5, 5.41) is 19.5. The van der Waals surface area contributed by atoms with E-state index in [1.807, 2.05) is 13.8 Å². The first-order valence-electron chi connectivity index (χ1n) is 5.53. The van der Waals surface area contributed by atoms with Crippen LogP contribution in [-0.2, 0) is 6.42 Å². The highest BCUT2D eigenvalue weighted by molar-refractivity contribution is 5.27. The molecule has 2 N–H and O–H groups in total. The van der Waals surface area contributed by atoms with Gasteiger partial charge in [0.2, 0.25) is 0 Å². The lowest BCUT2D eigenvalue weighted by Gasteiger charge is -2.21. The summed E-state index contributed by atoms with van der Waals surface area (Å²) in [5.74, 6) is -0.268. The van der Waals surface area contributed by atoms with E-state index in [1.165, 1.54) is 12.1 Å². The zero-order chi connectivity index (χ0) is 12.3. The lowest BCUT2D eigenvalue weighted by Crippen LogP contribution is -2.32. The molecule has 0 bridgehead atoms. The highest BCUT2D eigenvalue weighted by Gasteiger charge is 2.20. The lowest BCUT2D eigenvalue weighted by molar-refractivity contribution is -0.00738. The summed E-state index contributed by atoms with van der Waals surface area (Å²) in [7, 11) is 0. The zero-order valence-electron chi connectivity index (χ0n) is 9.94. The average molecular weight is 226 g/mol. The largest absolute Gasteiger partial charge is 0.390 e. The summed E-state index contributed by atoms with van der Waals surface area (Å²) < 4.78 is 12.9. The van der Waals surface area contributed by atoms with Gasteiger partial charge in [-0.3, -0.25) is 0 Å². The third-order valence-corrected chi connectivity index (χ3v) is 2.81. The first-order valence-corrected chi connectivity index (χ1v) is 5.53. The van der Waals surface area contributed by atoms with Gasteiger partial charge >= 0.3 is 0 Å². The molecule has 0 amide bonds. The maximum atomic E-state index is 12.9. The van der Waals surface area contributed by atoms with Crippen molar-refractivity contribution in [1.29, 1.82) is 0 Å². The van der Waals surface area contributed by atoms with E-state index in [4.69, 9.17) is 0 Å². The molecule has 16 heavy (non-hydrogen) atoms. The van der Waals surface area contributed by atoms with Gasteiger partial charge in [-0.15, -0.1) is 0 Å². The van der Waals surface area contributed by atoms with E-state index in [-0.39, 0.29) is 11.7 Å². The Morgan fingerprint density at radius 3 is 2.38 bits per heavy atom. The van der Waals surface area contributed by atoms with Crippen LogP contribution in [0.5, 0.6) is 0 Å². The number of aryl methyl sites for hydroxylation is 1. The van der Waals surface area contributed by atoms with E-state index < -0.39 is 12.2 Å². The fourth-order valence-corrected chi connectivity index (χ4v) is 1.68. The summed E-state index contributed by atoms with van der Waals surface area (Å²) >= 11 is 0. The fraction of sp³-hybridized carbons (Fsp3) is 0.538. The summed E-state index contributed by atoms with van der Waals surface area (Å²) in [6.07, 6.45) is -1.19. The number of aliphatic hydroxyl groups excluding tert-OH is 2. The Kier molecular flexibility index (Phi) is 4.44. The molecule has 1 aromatic rings. The van der Waals surface area contributed by atoms with Crippen LogP contribution in [0.25, 0.3) is 0 Å². The molecule has 0 heterocycles. The van der Waals surface area contributed by atoms with Crippen molar-refractivity contribution in [2.24, 2.45) is 5.92 Å². The number of hydrogen-bond acceptors (Lipinski definition) is 2. The van der Waals surface area contributed by atoms with Crippen LogP contribution in [0.15, 0.2) is 18.2 Å². The molecular formula is C13H19FO2. The number of hydrogen-bond donors (Lipinski definition) is 2. The van der Waals surface area contributed by atoms with Gasteiger partial charge in [0.15, 0.2) is 0 Å². The van der Waals surface area contributed by atoms with Gasteiger partial charge in [-0.05, 0) is 36.1 Å².